The van der Waals surface area contributed by atoms with E-state index in [0.717, 1.165) is 0 Å². The SMILES string of the molecule is COc1ccc2c(c1)C(=O)NCC1(CCN(C(=O)c3cscn3)CC1)O2. The molecule has 136 valence electrons. The van der Waals surface area contributed by atoms with Gasteiger partial charge >= 0.3 is 0 Å². The van der Waals surface area contributed by atoms with Crippen LogP contribution >= 0.6 is 11.3 Å². The van der Waals surface area contributed by atoms with Crippen molar-refractivity contribution in [3.8, 4) is 11.5 Å². The van der Waals surface area contributed by atoms with Gasteiger partial charge in [0.2, 0.25) is 0 Å². The first-order valence-corrected chi connectivity index (χ1v) is 9.37. The van der Waals surface area contributed by atoms with Gasteiger partial charge in [-0.05, 0) is 18.2 Å². The first kappa shape index (κ1) is 16.8. The number of methoxy groups -OCH3 is 1. The smallest absolute Gasteiger partial charge is 0.273 e. The lowest BCUT2D eigenvalue weighted by Gasteiger charge is -2.40. The molecule has 0 atom stereocenters. The summed E-state index contributed by atoms with van der Waals surface area (Å²) in [4.78, 5) is 30.8. The molecule has 0 bridgehead atoms. The molecule has 26 heavy (non-hydrogen) atoms. The van der Waals surface area contributed by atoms with Crippen LogP contribution in [0.1, 0.15) is 33.7 Å². The molecule has 1 aromatic heterocycles. The van der Waals surface area contributed by atoms with Crippen molar-refractivity contribution in [1.82, 2.24) is 15.2 Å². The summed E-state index contributed by atoms with van der Waals surface area (Å²) >= 11 is 1.41. The van der Waals surface area contributed by atoms with Crippen LogP contribution in [-0.4, -0.2) is 54.0 Å². The minimum Gasteiger partial charge on any atom is -0.497 e. The maximum absolute atomic E-state index is 12.5. The van der Waals surface area contributed by atoms with Crippen molar-refractivity contribution in [2.24, 2.45) is 0 Å². The molecule has 8 heteroatoms. The van der Waals surface area contributed by atoms with Crippen LogP contribution in [0.2, 0.25) is 0 Å². The molecule has 1 aromatic carbocycles. The number of carbonyl (C=O) groups excluding carboxylic acids is 2. The molecule has 1 spiro atoms. The number of amides is 2. The van der Waals surface area contributed by atoms with E-state index in [0.29, 0.717) is 55.2 Å². The highest BCUT2D eigenvalue weighted by Crippen LogP contribution is 2.34. The normalized spacial score (nSPS) is 18.5. The maximum atomic E-state index is 12.5. The van der Waals surface area contributed by atoms with Crippen LogP contribution in [0.4, 0.5) is 0 Å². The zero-order chi connectivity index (χ0) is 18.1. The highest BCUT2D eigenvalue weighted by atomic mass is 32.1. The summed E-state index contributed by atoms with van der Waals surface area (Å²) in [7, 11) is 1.56. The molecule has 0 radical (unpaired) electrons. The Morgan fingerprint density at radius 3 is 2.88 bits per heavy atom. The number of aromatic nitrogens is 1. The van der Waals surface area contributed by atoms with Crippen LogP contribution in [0.5, 0.6) is 11.5 Å². The molecule has 2 aromatic rings. The average molecular weight is 373 g/mol. The fourth-order valence-corrected chi connectivity index (χ4v) is 3.91. The lowest BCUT2D eigenvalue weighted by molar-refractivity contribution is 0.00752. The summed E-state index contributed by atoms with van der Waals surface area (Å²) in [5.74, 6) is 0.947. The zero-order valence-electron chi connectivity index (χ0n) is 14.4. The number of benzene rings is 1. The number of nitrogens with zero attached hydrogens (tertiary/aromatic N) is 2. The topological polar surface area (TPSA) is 80.8 Å². The van der Waals surface area contributed by atoms with Crippen molar-refractivity contribution in [1.29, 1.82) is 0 Å². The Bertz CT molecular complexity index is 829. The molecule has 0 saturated carbocycles. The van der Waals surface area contributed by atoms with E-state index in [-0.39, 0.29) is 11.8 Å². The van der Waals surface area contributed by atoms with E-state index in [1.54, 1.807) is 41.1 Å². The van der Waals surface area contributed by atoms with Crippen molar-refractivity contribution in [2.45, 2.75) is 18.4 Å². The first-order valence-electron chi connectivity index (χ1n) is 8.43. The largest absolute Gasteiger partial charge is 0.497 e. The van der Waals surface area contributed by atoms with Gasteiger partial charge in [-0.1, -0.05) is 0 Å². The van der Waals surface area contributed by atoms with E-state index < -0.39 is 5.60 Å². The molecule has 4 rings (SSSR count). The van der Waals surface area contributed by atoms with Gasteiger partial charge in [0, 0.05) is 31.3 Å². The molecule has 0 unspecified atom stereocenters. The number of hydrogen-bond donors (Lipinski definition) is 1. The molecule has 2 amide bonds. The van der Waals surface area contributed by atoms with E-state index >= 15 is 0 Å². The predicted molar refractivity (Wildman–Crippen MR) is 95.9 cm³/mol. The van der Waals surface area contributed by atoms with E-state index in [1.165, 1.54) is 11.3 Å². The third kappa shape index (κ3) is 3.01. The minimum absolute atomic E-state index is 0.0519. The van der Waals surface area contributed by atoms with Gasteiger partial charge in [0.15, 0.2) is 0 Å². The second kappa shape index (κ2) is 6.60. The Hall–Kier alpha value is -2.61. The fraction of sp³-hybridized carbons (Fsp3) is 0.389. The number of rotatable bonds is 2. The monoisotopic (exact) mass is 373 g/mol. The van der Waals surface area contributed by atoms with Crippen molar-refractivity contribution < 1.29 is 19.1 Å². The number of ether oxygens (including phenoxy) is 2. The summed E-state index contributed by atoms with van der Waals surface area (Å²) in [6.07, 6.45) is 1.29. The van der Waals surface area contributed by atoms with Gasteiger partial charge in [-0.2, -0.15) is 0 Å². The maximum Gasteiger partial charge on any atom is 0.273 e. The van der Waals surface area contributed by atoms with Crippen molar-refractivity contribution >= 4 is 23.2 Å². The van der Waals surface area contributed by atoms with Crippen molar-refractivity contribution in [3.63, 3.8) is 0 Å². The minimum atomic E-state index is -0.506. The summed E-state index contributed by atoms with van der Waals surface area (Å²) in [5, 5.41) is 4.71. The quantitative estimate of drug-likeness (QED) is 0.870. The molecule has 0 aliphatic carbocycles. The van der Waals surface area contributed by atoms with E-state index in [4.69, 9.17) is 9.47 Å². The van der Waals surface area contributed by atoms with Crippen LogP contribution in [0.25, 0.3) is 0 Å². The van der Waals surface area contributed by atoms with Crippen molar-refractivity contribution in [2.75, 3.05) is 26.7 Å². The molecule has 1 fully saturated rings. The lowest BCUT2D eigenvalue weighted by atomic mass is 9.90. The highest BCUT2D eigenvalue weighted by Gasteiger charge is 2.41. The Kier molecular flexibility index (Phi) is 4.28. The van der Waals surface area contributed by atoms with Gasteiger partial charge in [0.05, 0.1) is 24.7 Å². The fourth-order valence-electron chi connectivity index (χ4n) is 3.38. The number of nitrogens with one attached hydrogen (secondary N) is 1. The van der Waals surface area contributed by atoms with Crippen LogP contribution in [0, 0.1) is 0 Å². The van der Waals surface area contributed by atoms with Gasteiger partial charge in [-0.3, -0.25) is 9.59 Å². The van der Waals surface area contributed by atoms with Gasteiger partial charge in [0.25, 0.3) is 11.8 Å². The molecule has 2 aliphatic heterocycles. The zero-order valence-corrected chi connectivity index (χ0v) is 15.2. The Labute approximate surface area is 154 Å². The van der Waals surface area contributed by atoms with Gasteiger partial charge in [-0.25, -0.2) is 4.98 Å². The Morgan fingerprint density at radius 1 is 1.38 bits per heavy atom. The Balaban J connectivity index is 1.51. The Morgan fingerprint density at radius 2 is 2.19 bits per heavy atom. The number of piperidine rings is 1. The number of fused-ring (bicyclic) bond motifs is 1. The molecule has 1 N–H and O–H groups in total. The number of carbonyl (C=O) groups is 2. The molecule has 3 heterocycles. The number of thiazole rings is 1. The molecular weight excluding hydrogens is 354 g/mol. The van der Waals surface area contributed by atoms with Crippen LogP contribution in [-0.2, 0) is 0 Å². The molecular formula is C18H19N3O4S. The van der Waals surface area contributed by atoms with E-state index in [2.05, 4.69) is 10.3 Å². The van der Waals surface area contributed by atoms with Gasteiger partial charge in [-0.15, -0.1) is 11.3 Å². The lowest BCUT2D eigenvalue weighted by Crippen LogP contribution is -2.54. The third-order valence-corrected chi connectivity index (χ3v) is 5.53. The summed E-state index contributed by atoms with van der Waals surface area (Å²) in [5.41, 5.74) is 2.11. The second-order valence-corrected chi connectivity index (χ2v) is 7.21. The average Bonchev–Trinajstić information content (AvgIpc) is 3.17. The predicted octanol–water partition coefficient (Wildman–Crippen LogP) is 1.95. The summed E-state index contributed by atoms with van der Waals surface area (Å²) in [6, 6.07) is 5.24. The first-order chi connectivity index (χ1) is 12.6. The molecule has 7 nitrogen and oxygen atoms in total. The van der Waals surface area contributed by atoms with E-state index in [9.17, 15) is 9.59 Å². The molecule has 2 aliphatic rings. The second-order valence-electron chi connectivity index (χ2n) is 6.50. The van der Waals surface area contributed by atoms with Crippen molar-refractivity contribution in [3.05, 3.63) is 40.3 Å². The number of likely N-dealkylation sites (tertiary alicyclic amines) is 1. The number of hydrogen-bond acceptors (Lipinski definition) is 6. The van der Waals surface area contributed by atoms with Gasteiger partial charge < -0.3 is 19.7 Å². The van der Waals surface area contributed by atoms with Gasteiger partial charge in [0.1, 0.15) is 22.8 Å². The summed E-state index contributed by atoms with van der Waals surface area (Å²) in [6.45, 7) is 1.55. The third-order valence-electron chi connectivity index (χ3n) is 4.94. The highest BCUT2D eigenvalue weighted by molar-refractivity contribution is 7.07. The van der Waals surface area contributed by atoms with E-state index in [1.807, 2.05) is 0 Å². The van der Waals surface area contributed by atoms with Crippen LogP contribution < -0.4 is 14.8 Å². The van der Waals surface area contributed by atoms with Crippen LogP contribution in [0.15, 0.2) is 29.1 Å². The summed E-state index contributed by atoms with van der Waals surface area (Å²) < 4.78 is 11.5. The standard InChI is InChI=1S/C18H19N3O4S/c1-24-12-2-3-15-13(8-12)16(22)19-10-18(25-15)4-6-21(7-5-18)17(23)14-9-26-11-20-14/h2-3,8-9,11H,4-7,10H2,1H3,(H,19,22). The van der Waals surface area contributed by atoms with Crippen LogP contribution in [0.3, 0.4) is 0 Å². The molecule has 1 saturated heterocycles.